The van der Waals surface area contributed by atoms with E-state index < -0.39 is 17.8 Å². The van der Waals surface area contributed by atoms with Crippen LogP contribution in [0.1, 0.15) is 27.2 Å². The van der Waals surface area contributed by atoms with Gasteiger partial charge in [0.1, 0.15) is 5.60 Å². The number of nitrogens with one attached hydrogen (secondary N) is 1. The molecule has 0 aliphatic rings. The van der Waals surface area contributed by atoms with Gasteiger partial charge in [-0.05, 0) is 27.2 Å². The van der Waals surface area contributed by atoms with Crippen LogP contribution < -0.4 is 5.32 Å². The summed E-state index contributed by atoms with van der Waals surface area (Å²) in [4.78, 5) is 11.1. The summed E-state index contributed by atoms with van der Waals surface area (Å²) in [5.74, 6) is 0.177. The molecule has 0 radical (unpaired) electrons. The number of alkyl carbamates (subject to hydrolysis) is 1. The predicted molar refractivity (Wildman–Crippen MR) is 55.6 cm³/mol. The van der Waals surface area contributed by atoms with Crippen LogP contribution >= 0.6 is 11.6 Å². The summed E-state index contributed by atoms with van der Waals surface area (Å²) < 4.78 is 4.99. The summed E-state index contributed by atoms with van der Waals surface area (Å²) in [5, 5.41) is 11.6. The van der Waals surface area contributed by atoms with Crippen LogP contribution in [0.5, 0.6) is 0 Å². The summed E-state index contributed by atoms with van der Waals surface area (Å²) in [6.07, 6.45) is -0.617. The molecule has 4 nitrogen and oxygen atoms in total. The Morgan fingerprint density at radius 3 is 2.57 bits per heavy atom. The molecular formula is C9H18ClNO3. The number of rotatable bonds is 4. The number of hydrogen-bond donors (Lipinski definition) is 2. The van der Waals surface area contributed by atoms with Gasteiger partial charge in [0.15, 0.2) is 0 Å². The van der Waals surface area contributed by atoms with E-state index in [2.05, 4.69) is 5.32 Å². The molecule has 14 heavy (non-hydrogen) atoms. The number of ether oxygens (including phenoxy) is 1. The highest BCUT2D eigenvalue weighted by Crippen LogP contribution is 2.06. The van der Waals surface area contributed by atoms with Crippen LogP contribution in [0.4, 0.5) is 4.79 Å². The van der Waals surface area contributed by atoms with Crippen molar-refractivity contribution in [3.05, 3.63) is 0 Å². The predicted octanol–water partition coefficient (Wildman–Crippen LogP) is 1.50. The van der Waals surface area contributed by atoms with Crippen molar-refractivity contribution in [3.8, 4) is 0 Å². The molecule has 84 valence electrons. The van der Waals surface area contributed by atoms with Gasteiger partial charge in [-0.25, -0.2) is 4.79 Å². The second-order valence-corrected chi connectivity index (χ2v) is 4.33. The van der Waals surface area contributed by atoms with E-state index in [4.69, 9.17) is 21.4 Å². The molecule has 1 amide bonds. The summed E-state index contributed by atoms with van der Waals surface area (Å²) in [7, 11) is 0. The lowest BCUT2D eigenvalue weighted by Crippen LogP contribution is -2.34. The van der Waals surface area contributed by atoms with Crippen LogP contribution in [0.25, 0.3) is 0 Å². The minimum absolute atomic E-state index is 0.177. The fraction of sp³-hybridized carbons (Fsp3) is 0.889. The van der Waals surface area contributed by atoms with Gasteiger partial charge >= 0.3 is 6.09 Å². The molecule has 0 saturated carbocycles. The van der Waals surface area contributed by atoms with Crippen molar-refractivity contribution in [2.45, 2.75) is 38.9 Å². The summed E-state index contributed by atoms with van der Waals surface area (Å²) in [6, 6.07) is 0. The zero-order valence-corrected chi connectivity index (χ0v) is 9.60. The van der Waals surface area contributed by atoms with Crippen LogP contribution in [0.2, 0.25) is 0 Å². The molecule has 1 atom stereocenters. The number of halogens is 1. The van der Waals surface area contributed by atoms with Gasteiger partial charge in [-0.15, -0.1) is 11.6 Å². The third-order valence-electron chi connectivity index (χ3n) is 1.32. The molecule has 0 aliphatic heterocycles. The van der Waals surface area contributed by atoms with Crippen molar-refractivity contribution in [1.82, 2.24) is 5.32 Å². The monoisotopic (exact) mass is 223 g/mol. The standard InChI is InChI=1S/C9H18ClNO3/c1-9(2,3)14-8(13)11-5-4-7(12)6-10/h7,12H,4-6H2,1-3H3,(H,11,13)/t7-/m1/s1. The van der Waals surface area contributed by atoms with E-state index in [1.165, 1.54) is 0 Å². The Labute approximate surface area is 89.6 Å². The third-order valence-corrected chi connectivity index (χ3v) is 1.68. The SMILES string of the molecule is CC(C)(C)OC(=O)NCC[C@@H](O)CCl. The van der Waals surface area contributed by atoms with Gasteiger partial charge in [0.2, 0.25) is 0 Å². The van der Waals surface area contributed by atoms with Crippen molar-refractivity contribution < 1.29 is 14.6 Å². The molecule has 0 heterocycles. The van der Waals surface area contributed by atoms with Gasteiger partial charge in [-0.1, -0.05) is 0 Å². The number of amides is 1. The molecule has 0 rings (SSSR count). The second kappa shape index (κ2) is 6.09. The van der Waals surface area contributed by atoms with E-state index in [0.29, 0.717) is 13.0 Å². The van der Waals surface area contributed by atoms with Crippen molar-refractivity contribution in [2.75, 3.05) is 12.4 Å². The maximum Gasteiger partial charge on any atom is 0.407 e. The Morgan fingerprint density at radius 2 is 2.14 bits per heavy atom. The van der Waals surface area contributed by atoms with Gasteiger partial charge in [-0.3, -0.25) is 0 Å². The van der Waals surface area contributed by atoms with Crippen LogP contribution in [-0.4, -0.2) is 35.3 Å². The number of carbonyl (C=O) groups excluding carboxylic acids is 1. The maximum atomic E-state index is 11.1. The average molecular weight is 224 g/mol. The molecule has 0 aliphatic carbocycles. The lowest BCUT2D eigenvalue weighted by Gasteiger charge is -2.19. The van der Waals surface area contributed by atoms with Crippen LogP contribution in [-0.2, 0) is 4.74 Å². The van der Waals surface area contributed by atoms with Gasteiger partial charge in [-0.2, -0.15) is 0 Å². The fourth-order valence-corrected chi connectivity index (χ4v) is 0.886. The first-order valence-corrected chi connectivity index (χ1v) is 5.09. The molecule has 2 N–H and O–H groups in total. The molecule has 0 spiro atoms. The van der Waals surface area contributed by atoms with Crippen LogP contribution in [0.15, 0.2) is 0 Å². The number of alkyl halides is 1. The Bertz CT molecular complexity index is 179. The Kier molecular flexibility index (Phi) is 5.88. The number of hydrogen-bond acceptors (Lipinski definition) is 3. The molecule has 0 aromatic carbocycles. The van der Waals surface area contributed by atoms with E-state index in [-0.39, 0.29) is 5.88 Å². The van der Waals surface area contributed by atoms with Crippen LogP contribution in [0.3, 0.4) is 0 Å². The maximum absolute atomic E-state index is 11.1. The Morgan fingerprint density at radius 1 is 1.57 bits per heavy atom. The third kappa shape index (κ3) is 8.13. The second-order valence-electron chi connectivity index (χ2n) is 4.03. The average Bonchev–Trinajstić information content (AvgIpc) is 2.00. The molecule has 0 saturated heterocycles. The van der Waals surface area contributed by atoms with Gasteiger partial charge < -0.3 is 15.2 Å². The zero-order chi connectivity index (χ0) is 11.2. The largest absolute Gasteiger partial charge is 0.444 e. The van der Waals surface area contributed by atoms with E-state index >= 15 is 0 Å². The smallest absolute Gasteiger partial charge is 0.407 e. The van der Waals surface area contributed by atoms with Crippen molar-refractivity contribution >= 4 is 17.7 Å². The van der Waals surface area contributed by atoms with Crippen molar-refractivity contribution in [2.24, 2.45) is 0 Å². The highest BCUT2D eigenvalue weighted by Gasteiger charge is 2.15. The highest BCUT2D eigenvalue weighted by atomic mass is 35.5. The van der Waals surface area contributed by atoms with E-state index in [0.717, 1.165) is 0 Å². The Balaban J connectivity index is 3.55. The van der Waals surface area contributed by atoms with E-state index in [1.54, 1.807) is 20.8 Å². The number of aliphatic hydroxyl groups excluding tert-OH is 1. The Hall–Kier alpha value is -0.480. The van der Waals surface area contributed by atoms with Crippen LogP contribution in [0, 0.1) is 0 Å². The molecule has 0 unspecified atom stereocenters. The molecular weight excluding hydrogens is 206 g/mol. The summed E-state index contributed by atoms with van der Waals surface area (Å²) in [6.45, 7) is 5.74. The molecule has 0 aromatic heterocycles. The number of aliphatic hydroxyl groups is 1. The van der Waals surface area contributed by atoms with Gasteiger partial charge in [0.25, 0.3) is 0 Å². The lowest BCUT2D eigenvalue weighted by molar-refractivity contribution is 0.0520. The topological polar surface area (TPSA) is 58.6 Å². The summed E-state index contributed by atoms with van der Waals surface area (Å²) >= 11 is 5.38. The first-order chi connectivity index (χ1) is 6.35. The van der Waals surface area contributed by atoms with E-state index in [9.17, 15) is 4.79 Å². The van der Waals surface area contributed by atoms with Gasteiger partial charge in [0.05, 0.1) is 6.10 Å². The molecule has 0 fully saturated rings. The minimum Gasteiger partial charge on any atom is -0.444 e. The highest BCUT2D eigenvalue weighted by molar-refractivity contribution is 6.18. The van der Waals surface area contributed by atoms with E-state index in [1.807, 2.05) is 0 Å². The minimum atomic E-state index is -0.577. The molecule has 0 aromatic rings. The van der Waals surface area contributed by atoms with Gasteiger partial charge in [0, 0.05) is 12.4 Å². The van der Waals surface area contributed by atoms with Crippen molar-refractivity contribution in [3.63, 3.8) is 0 Å². The normalized spacial score (nSPS) is 13.5. The van der Waals surface area contributed by atoms with Crippen molar-refractivity contribution in [1.29, 1.82) is 0 Å². The lowest BCUT2D eigenvalue weighted by atomic mass is 10.2. The first kappa shape index (κ1) is 13.5. The molecule has 0 bridgehead atoms. The molecule has 5 heteroatoms. The number of carbonyl (C=O) groups is 1. The quantitative estimate of drug-likeness (QED) is 0.711. The summed E-state index contributed by atoms with van der Waals surface area (Å²) in [5.41, 5.74) is -0.491. The first-order valence-electron chi connectivity index (χ1n) is 4.56. The zero-order valence-electron chi connectivity index (χ0n) is 8.84. The fourth-order valence-electron chi connectivity index (χ4n) is 0.732.